The highest BCUT2D eigenvalue weighted by atomic mass is 16.7. The summed E-state index contributed by atoms with van der Waals surface area (Å²) in [6, 6.07) is 0. The highest BCUT2D eigenvalue weighted by Gasteiger charge is 2.48. The Kier molecular flexibility index (Phi) is 8.98. The molecule has 8 atom stereocenters. The molecule has 8 unspecified atom stereocenters. The van der Waals surface area contributed by atoms with Crippen LogP contribution in [-0.4, -0.2) is 43.8 Å². The second-order valence-corrected chi connectivity index (χ2v) is 10.3. The number of rotatable bonds is 10. The third-order valence-corrected chi connectivity index (χ3v) is 7.84. The number of ketones is 1. The van der Waals surface area contributed by atoms with E-state index in [-0.39, 0.29) is 30.7 Å². The lowest BCUT2D eigenvalue weighted by Gasteiger charge is -2.31. The summed E-state index contributed by atoms with van der Waals surface area (Å²) in [5.74, 6) is 1.88. The van der Waals surface area contributed by atoms with E-state index in [1.807, 2.05) is 6.08 Å². The summed E-state index contributed by atoms with van der Waals surface area (Å²) >= 11 is 0. The van der Waals surface area contributed by atoms with Gasteiger partial charge in [0.05, 0.1) is 12.2 Å². The lowest BCUT2D eigenvalue weighted by atomic mass is 9.89. The standard InChI is InChI=1S/C27H42O5/c1-3-4-9-19(2)24(31-26-10-5-7-14-29-26)13-12-22-23-18-21(28)16-20(23)17-25(22)32-27-11-6-8-15-30-27/h3,12-13,19-20,22-27H,1,4-11,14-18H2,2H3/b13-12-. The van der Waals surface area contributed by atoms with Crippen molar-refractivity contribution < 1.29 is 23.7 Å². The number of carbonyl (C=O) groups excluding carboxylic acids is 1. The van der Waals surface area contributed by atoms with Crippen molar-refractivity contribution in [1.82, 2.24) is 0 Å². The number of carbonyl (C=O) groups is 1. The minimum atomic E-state index is -0.114. The Morgan fingerprint density at radius 2 is 1.84 bits per heavy atom. The maximum absolute atomic E-state index is 12.2. The van der Waals surface area contributed by atoms with Gasteiger partial charge in [-0.1, -0.05) is 25.2 Å². The van der Waals surface area contributed by atoms with E-state index in [4.69, 9.17) is 18.9 Å². The monoisotopic (exact) mass is 446 g/mol. The highest BCUT2D eigenvalue weighted by Crippen LogP contribution is 2.48. The number of fused-ring (bicyclic) bond motifs is 1. The number of hydrogen-bond donors (Lipinski definition) is 0. The molecule has 0 radical (unpaired) electrons. The Morgan fingerprint density at radius 1 is 1.09 bits per heavy atom. The van der Waals surface area contributed by atoms with E-state index in [0.29, 0.717) is 36.4 Å². The normalized spacial score (nSPS) is 37.5. The zero-order valence-corrected chi connectivity index (χ0v) is 19.8. The van der Waals surface area contributed by atoms with Gasteiger partial charge in [-0.15, -0.1) is 6.58 Å². The molecular weight excluding hydrogens is 404 g/mol. The van der Waals surface area contributed by atoms with Gasteiger partial charge in [-0.2, -0.15) is 0 Å². The summed E-state index contributed by atoms with van der Waals surface area (Å²) in [6.45, 7) is 7.71. The maximum atomic E-state index is 12.2. The average Bonchev–Trinajstić information content (AvgIpc) is 3.31. The third-order valence-electron chi connectivity index (χ3n) is 7.84. The van der Waals surface area contributed by atoms with Crippen LogP contribution in [0.15, 0.2) is 24.8 Å². The molecule has 180 valence electrons. The molecule has 2 aliphatic heterocycles. The van der Waals surface area contributed by atoms with E-state index in [1.165, 1.54) is 6.42 Å². The number of Topliss-reactive ketones (excluding diaryl/α,β-unsaturated/α-hetero) is 1. The first kappa shape index (κ1) is 24.1. The molecule has 4 fully saturated rings. The van der Waals surface area contributed by atoms with E-state index in [1.54, 1.807) is 0 Å². The van der Waals surface area contributed by atoms with Crippen LogP contribution < -0.4 is 0 Å². The van der Waals surface area contributed by atoms with Crippen LogP contribution in [0.4, 0.5) is 0 Å². The molecule has 5 heteroatoms. The number of allylic oxidation sites excluding steroid dienone is 1. The molecule has 0 aromatic carbocycles. The summed E-state index contributed by atoms with van der Waals surface area (Å²) in [4.78, 5) is 12.2. The molecule has 2 saturated carbocycles. The molecule has 4 rings (SSSR count). The van der Waals surface area contributed by atoms with E-state index in [9.17, 15) is 4.79 Å². The predicted octanol–water partition coefficient (Wildman–Crippen LogP) is 5.58. The van der Waals surface area contributed by atoms with Gasteiger partial charge in [-0.3, -0.25) is 4.79 Å². The summed E-state index contributed by atoms with van der Waals surface area (Å²) < 4.78 is 24.7. The molecule has 2 saturated heterocycles. The Hall–Kier alpha value is -1.01. The van der Waals surface area contributed by atoms with Crippen LogP contribution in [0.2, 0.25) is 0 Å². The second-order valence-electron chi connectivity index (χ2n) is 10.3. The zero-order chi connectivity index (χ0) is 22.3. The fourth-order valence-electron chi connectivity index (χ4n) is 5.97. The molecule has 0 aromatic rings. The maximum Gasteiger partial charge on any atom is 0.158 e. The smallest absolute Gasteiger partial charge is 0.158 e. The third kappa shape index (κ3) is 6.31. The second kappa shape index (κ2) is 11.9. The van der Waals surface area contributed by atoms with Crippen LogP contribution in [0.5, 0.6) is 0 Å². The summed E-state index contributed by atoms with van der Waals surface area (Å²) in [5, 5.41) is 0. The zero-order valence-electron chi connectivity index (χ0n) is 19.8. The van der Waals surface area contributed by atoms with Crippen LogP contribution in [0.1, 0.15) is 77.6 Å². The van der Waals surface area contributed by atoms with Gasteiger partial charge in [-0.05, 0) is 75.5 Å². The van der Waals surface area contributed by atoms with Gasteiger partial charge in [0.1, 0.15) is 5.78 Å². The summed E-state index contributed by atoms with van der Waals surface area (Å²) in [6.07, 6.45) is 17.4. The number of hydrogen-bond acceptors (Lipinski definition) is 5. The molecule has 0 spiro atoms. The topological polar surface area (TPSA) is 54.0 Å². The van der Waals surface area contributed by atoms with Crippen LogP contribution in [0.25, 0.3) is 0 Å². The minimum Gasteiger partial charge on any atom is -0.353 e. The van der Waals surface area contributed by atoms with Crippen molar-refractivity contribution in [2.75, 3.05) is 13.2 Å². The van der Waals surface area contributed by atoms with Crippen molar-refractivity contribution in [3.05, 3.63) is 24.8 Å². The fourth-order valence-corrected chi connectivity index (χ4v) is 5.97. The summed E-state index contributed by atoms with van der Waals surface area (Å²) in [5.41, 5.74) is 0. The Labute approximate surface area is 193 Å². The number of ether oxygens (including phenoxy) is 4. The van der Waals surface area contributed by atoms with Crippen molar-refractivity contribution in [2.24, 2.45) is 23.7 Å². The molecule has 0 aromatic heterocycles. The Balaban J connectivity index is 1.45. The van der Waals surface area contributed by atoms with Crippen LogP contribution in [0, 0.1) is 23.7 Å². The Bertz CT molecular complexity index is 634. The van der Waals surface area contributed by atoms with Crippen molar-refractivity contribution in [3.63, 3.8) is 0 Å². The average molecular weight is 447 g/mol. The quantitative estimate of drug-likeness (QED) is 0.410. The van der Waals surface area contributed by atoms with Crippen molar-refractivity contribution in [1.29, 1.82) is 0 Å². The van der Waals surface area contributed by atoms with Crippen LogP contribution in [-0.2, 0) is 23.7 Å². The van der Waals surface area contributed by atoms with Gasteiger partial charge in [0.25, 0.3) is 0 Å². The van der Waals surface area contributed by atoms with Gasteiger partial charge in [0.2, 0.25) is 0 Å². The van der Waals surface area contributed by atoms with Crippen molar-refractivity contribution in [3.8, 4) is 0 Å². The van der Waals surface area contributed by atoms with Gasteiger partial charge in [0, 0.05) is 32.0 Å². The molecule has 0 bridgehead atoms. The minimum absolute atomic E-state index is 0.000727. The first-order chi connectivity index (χ1) is 15.6. The van der Waals surface area contributed by atoms with E-state index in [0.717, 1.165) is 64.6 Å². The molecule has 0 N–H and O–H groups in total. The largest absolute Gasteiger partial charge is 0.353 e. The highest BCUT2D eigenvalue weighted by molar-refractivity contribution is 5.81. The van der Waals surface area contributed by atoms with Gasteiger partial charge in [0.15, 0.2) is 12.6 Å². The van der Waals surface area contributed by atoms with Crippen LogP contribution >= 0.6 is 0 Å². The molecule has 2 heterocycles. The van der Waals surface area contributed by atoms with Crippen molar-refractivity contribution in [2.45, 2.75) is 102 Å². The lowest BCUT2D eigenvalue weighted by molar-refractivity contribution is -0.193. The van der Waals surface area contributed by atoms with E-state index < -0.39 is 0 Å². The van der Waals surface area contributed by atoms with Crippen LogP contribution in [0.3, 0.4) is 0 Å². The summed E-state index contributed by atoms with van der Waals surface area (Å²) in [7, 11) is 0. The first-order valence-electron chi connectivity index (χ1n) is 13.0. The fraction of sp³-hybridized carbons (Fsp3) is 0.815. The first-order valence-corrected chi connectivity index (χ1v) is 13.0. The molecule has 4 aliphatic rings. The van der Waals surface area contributed by atoms with Gasteiger partial charge >= 0.3 is 0 Å². The van der Waals surface area contributed by atoms with E-state index in [2.05, 4.69) is 25.7 Å². The van der Waals surface area contributed by atoms with Crippen molar-refractivity contribution >= 4 is 5.78 Å². The van der Waals surface area contributed by atoms with E-state index >= 15 is 0 Å². The van der Waals surface area contributed by atoms with Gasteiger partial charge < -0.3 is 18.9 Å². The Morgan fingerprint density at radius 3 is 2.53 bits per heavy atom. The predicted molar refractivity (Wildman–Crippen MR) is 124 cm³/mol. The SMILES string of the molecule is C=CCCC(C)C(/C=C\C1C(OC2CCCCO2)CC2CC(=O)CC21)OC1CCCCO1. The molecule has 0 amide bonds. The van der Waals surface area contributed by atoms with Gasteiger partial charge in [-0.25, -0.2) is 0 Å². The lowest BCUT2D eigenvalue weighted by Crippen LogP contribution is -2.32. The molecule has 5 nitrogen and oxygen atoms in total. The molecule has 32 heavy (non-hydrogen) atoms. The molecule has 2 aliphatic carbocycles. The molecular formula is C27H42O5.